The number of nitrogens with one attached hydrogen (secondary N) is 1. The van der Waals surface area contributed by atoms with Gasteiger partial charge in [0.2, 0.25) is 15.9 Å². The maximum Gasteiger partial charge on any atom is 0.416 e. The highest BCUT2D eigenvalue weighted by Gasteiger charge is 2.39. The second-order valence-corrected chi connectivity index (χ2v) is 14.0. The van der Waals surface area contributed by atoms with E-state index < -0.39 is 32.7 Å². The van der Waals surface area contributed by atoms with E-state index in [4.69, 9.17) is 0 Å². The molecule has 1 N–H and O–H groups in total. The summed E-state index contributed by atoms with van der Waals surface area (Å²) in [5.74, 6) is -0.298. The zero-order valence-corrected chi connectivity index (χ0v) is 25.6. The Kier molecular flexibility index (Phi) is 8.62. The fourth-order valence-corrected chi connectivity index (χ4v) is 8.35. The van der Waals surface area contributed by atoms with Gasteiger partial charge in [0.25, 0.3) is 0 Å². The first-order valence-corrected chi connectivity index (χ1v) is 16.6. The van der Waals surface area contributed by atoms with E-state index in [0.29, 0.717) is 18.3 Å². The number of benzene rings is 2. The second-order valence-electron chi connectivity index (χ2n) is 12.1. The molecule has 2 aromatic carbocycles. The SMILES string of the molecule is CN1CCN(Cc2ccc3c(c2)CCCC3NC(=O)CC2c3cccn3CCN2S(=O)(=O)c2cccc(C(F)(F)F)c2)CC1. The van der Waals surface area contributed by atoms with Crippen molar-refractivity contribution in [2.45, 2.75) is 61.9 Å². The van der Waals surface area contributed by atoms with Gasteiger partial charge in [0.1, 0.15) is 0 Å². The van der Waals surface area contributed by atoms with Gasteiger partial charge < -0.3 is 14.8 Å². The number of alkyl halides is 3. The molecule has 0 spiro atoms. The van der Waals surface area contributed by atoms with Crippen LogP contribution < -0.4 is 5.32 Å². The molecule has 12 heteroatoms. The molecule has 1 aliphatic carbocycles. The molecular formula is C32H38F3N5O3S. The highest BCUT2D eigenvalue weighted by atomic mass is 32.2. The smallest absolute Gasteiger partial charge is 0.349 e. The number of amides is 1. The third kappa shape index (κ3) is 6.44. The van der Waals surface area contributed by atoms with Crippen LogP contribution in [0.4, 0.5) is 13.2 Å². The normalized spacial score (nSPS) is 21.9. The Morgan fingerprint density at radius 1 is 0.977 bits per heavy atom. The number of carbonyl (C=O) groups is 1. The van der Waals surface area contributed by atoms with Crippen LogP contribution in [0.1, 0.15) is 59.3 Å². The summed E-state index contributed by atoms with van der Waals surface area (Å²) >= 11 is 0. The van der Waals surface area contributed by atoms with Gasteiger partial charge in [-0.1, -0.05) is 24.3 Å². The fraction of sp³-hybridized carbons (Fsp3) is 0.469. The zero-order chi connectivity index (χ0) is 31.1. The lowest BCUT2D eigenvalue weighted by atomic mass is 9.86. The summed E-state index contributed by atoms with van der Waals surface area (Å²) < 4.78 is 70.8. The Hall–Kier alpha value is -3.19. The average molecular weight is 630 g/mol. The Morgan fingerprint density at radius 3 is 2.55 bits per heavy atom. The van der Waals surface area contributed by atoms with Gasteiger partial charge in [-0.15, -0.1) is 0 Å². The van der Waals surface area contributed by atoms with Crippen LogP contribution in [0.5, 0.6) is 0 Å². The molecule has 1 aromatic heterocycles. The lowest BCUT2D eigenvalue weighted by Gasteiger charge is -2.36. The molecule has 44 heavy (non-hydrogen) atoms. The number of piperazine rings is 1. The first kappa shape index (κ1) is 30.8. The molecule has 3 aromatic rings. The van der Waals surface area contributed by atoms with Crippen molar-refractivity contribution in [2.75, 3.05) is 39.8 Å². The van der Waals surface area contributed by atoms with Gasteiger partial charge in [0, 0.05) is 64.1 Å². The predicted molar refractivity (Wildman–Crippen MR) is 160 cm³/mol. The van der Waals surface area contributed by atoms with Gasteiger partial charge in [0.05, 0.1) is 22.5 Å². The minimum absolute atomic E-state index is 0.0422. The maximum absolute atomic E-state index is 13.7. The number of hydrogen-bond acceptors (Lipinski definition) is 5. The molecule has 1 amide bonds. The van der Waals surface area contributed by atoms with Crippen LogP contribution in [0.25, 0.3) is 0 Å². The monoisotopic (exact) mass is 629 g/mol. The van der Waals surface area contributed by atoms with Gasteiger partial charge in [0.15, 0.2) is 0 Å². The average Bonchev–Trinajstić information content (AvgIpc) is 3.48. The van der Waals surface area contributed by atoms with Crippen LogP contribution in [0, 0.1) is 0 Å². The molecule has 3 aliphatic rings. The van der Waals surface area contributed by atoms with Crippen molar-refractivity contribution in [2.24, 2.45) is 0 Å². The lowest BCUT2D eigenvalue weighted by molar-refractivity contribution is -0.137. The molecule has 1 saturated heterocycles. The van der Waals surface area contributed by atoms with Gasteiger partial charge in [-0.3, -0.25) is 9.69 Å². The molecule has 2 unspecified atom stereocenters. The van der Waals surface area contributed by atoms with Gasteiger partial charge in [-0.25, -0.2) is 8.42 Å². The van der Waals surface area contributed by atoms with E-state index in [2.05, 4.69) is 40.4 Å². The van der Waals surface area contributed by atoms with Gasteiger partial charge >= 0.3 is 6.18 Å². The lowest BCUT2D eigenvalue weighted by Crippen LogP contribution is -2.44. The van der Waals surface area contributed by atoms with Crippen LogP contribution in [0.2, 0.25) is 0 Å². The number of halogens is 3. The Bertz CT molecular complexity index is 1610. The van der Waals surface area contributed by atoms with Crippen LogP contribution in [0.3, 0.4) is 0 Å². The summed E-state index contributed by atoms with van der Waals surface area (Å²) in [5.41, 5.74) is 3.19. The standard InChI is InChI=1S/C32H38F3N5O3S/c1-37-13-15-38(16-14-37)22-23-10-11-27-24(19-23)5-2-8-28(27)36-31(41)21-30-29-9-4-12-39(29)17-18-40(30)44(42,43)26-7-3-6-25(20-26)32(33,34)35/h3-4,6-7,9-12,19-20,28,30H,2,5,8,13-18,21-22H2,1H3,(H,36,41). The number of sulfonamides is 1. The van der Waals surface area contributed by atoms with E-state index in [1.165, 1.54) is 21.5 Å². The van der Waals surface area contributed by atoms with E-state index in [1.807, 2.05) is 10.8 Å². The van der Waals surface area contributed by atoms with Crippen molar-refractivity contribution >= 4 is 15.9 Å². The van der Waals surface area contributed by atoms with E-state index in [0.717, 1.165) is 69.7 Å². The Balaban J connectivity index is 1.19. The molecule has 3 heterocycles. The Morgan fingerprint density at radius 2 is 1.77 bits per heavy atom. The van der Waals surface area contributed by atoms with E-state index in [1.54, 1.807) is 12.1 Å². The van der Waals surface area contributed by atoms with Crippen LogP contribution in [-0.4, -0.2) is 72.8 Å². The molecule has 0 bridgehead atoms. The van der Waals surface area contributed by atoms with Crippen molar-refractivity contribution in [1.29, 1.82) is 0 Å². The third-order valence-electron chi connectivity index (χ3n) is 9.12. The molecule has 1 fully saturated rings. The number of aryl methyl sites for hydroxylation is 1. The van der Waals surface area contributed by atoms with E-state index in [9.17, 15) is 26.4 Å². The maximum atomic E-state index is 13.7. The summed E-state index contributed by atoms with van der Waals surface area (Å²) in [5, 5.41) is 3.16. The molecule has 8 nitrogen and oxygen atoms in total. The number of likely N-dealkylation sites (N-methyl/N-ethyl adjacent to an activating group) is 1. The van der Waals surface area contributed by atoms with E-state index >= 15 is 0 Å². The largest absolute Gasteiger partial charge is 0.416 e. The van der Waals surface area contributed by atoms with Crippen molar-refractivity contribution in [1.82, 2.24) is 24.0 Å². The van der Waals surface area contributed by atoms with Crippen molar-refractivity contribution in [3.8, 4) is 0 Å². The topological polar surface area (TPSA) is 77.9 Å². The van der Waals surface area contributed by atoms with Crippen molar-refractivity contribution < 1.29 is 26.4 Å². The van der Waals surface area contributed by atoms with Crippen molar-refractivity contribution in [3.05, 3.63) is 88.7 Å². The first-order chi connectivity index (χ1) is 21.0. The predicted octanol–water partition coefficient (Wildman–Crippen LogP) is 4.58. The minimum atomic E-state index is -4.68. The number of nitrogens with zero attached hydrogens (tertiary/aromatic N) is 4. The zero-order valence-electron chi connectivity index (χ0n) is 24.8. The molecule has 236 valence electrons. The third-order valence-corrected chi connectivity index (χ3v) is 11.0. The molecule has 0 radical (unpaired) electrons. The van der Waals surface area contributed by atoms with Crippen LogP contribution in [0.15, 0.2) is 65.7 Å². The molecule has 2 atom stereocenters. The highest BCUT2D eigenvalue weighted by molar-refractivity contribution is 7.89. The summed E-state index contributed by atoms with van der Waals surface area (Å²) in [6.45, 7) is 5.48. The number of fused-ring (bicyclic) bond motifs is 2. The number of aromatic nitrogens is 1. The quantitative estimate of drug-likeness (QED) is 0.414. The van der Waals surface area contributed by atoms with Crippen LogP contribution in [-0.2, 0) is 40.5 Å². The van der Waals surface area contributed by atoms with Gasteiger partial charge in [-0.2, -0.15) is 17.5 Å². The first-order valence-electron chi connectivity index (χ1n) is 15.1. The number of rotatable bonds is 7. The van der Waals surface area contributed by atoms with Crippen molar-refractivity contribution in [3.63, 3.8) is 0 Å². The van der Waals surface area contributed by atoms with E-state index in [-0.39, 0.29) is 24.9 Å². The fourth-order valence-electron chi connectivity index (χ4n) is 6.71. The number of hydrogen-bond donors (Lipinski definition) is 1. The molecule has 6 rings (SSSR count). The summed E-state index contributed by atoms with van der Waals surface area (Å²) in [4.78, 5) is 17.9. The summed E-state index contributed by atoms with van der Waals surface area (Å²) in [7, 11) is -2.19. The second kappa shape index (κ2) is 12.3. The summed E-state index contributed by atoms with van der Waals surface area (Å²) in [6.07, 6.45) is -0.344. The highest BCUT2D eigenvalue weighted by Crippen LogP contribution is 2.37. The minimum Gasteiger partial charge on any atom is -0.349 e. The molecular weight excluding hydrogens is 591 g/mol. The van der Waals surface area contributed by atoms with Gasteiger partial charge in [-0.05, 0) is 73.3 Å². The molecule has 2 aliphatic heterocycles. The molecule has 0 saturated carbocycles. The number of carbonyl (C=O) groups excluding carboxylic acids is 1. The van der Waals surface area contributed by atoms with Crippen LogP contribution >= 0.6 is 0 Å². The Labute approximate surface area is 256 Å². The summed E-state index contributed by atoms with van der Waals surface area (Å²) in [6, 6.07) is 12.8.